The number of nitrogens with zero attached hydrogens (tertiary/aromatic N) is 5. The molecule has 1 atom stereocenters. The lowest BCUT2D eigenvalue weighted by molar-refractivity contribution is -0.132. The second kappa shape index (κ2) is 10.3. The minimum Gasteiger partial charge on any atom is -0.505 e. The molecule has 0 spiro atoms. The van der Waals surface area contributed by atoms with Gasteiger partial charge >= 0.3 is 5.91 Å². The molecule has 0 saturated carbocycles. The fraction of sp³-hybridized carbons (Fsp3) is 0.107. The van der Waals surface area contributed by atoms with Crippen LogP contribution in [0.3, 0.4) is 0 Å². The Labute approximate surface area is 234 Å². The molecule has 12 heteroatoms. The van der Waals surface area contributed by atoms with E-state index in [-0.39, 0.29) is 28.0 Å². The molecule has 4 heterocycles. The molecule has 1 aliphatic heterocycles. The maximum atomic E-state index is 14.1. The molecule has 3 aromatic heterocycles. The molecule has 1 N–H and O–H groups in total. The van der Waals surface area contributed by atoms with Crippen LogP contribution in [-0.4, -0.2) is 36.4 Å². The highest BCUT2D eigenvalue weighted by atomic mass is 32.2. The average molecular weight is 576 g/mol. The third kappa shape index (κ3) is 4.44. The van der Waals surface area contributed by atoms with Gasteiger partial charge in [-0.1, -0.05) is 59.5 Å². The van der Waals surface area contributed by atoms with Gasteiger partial charge in [-0.05, 0) is 48.4 Å². The minimum atomic E-state index is -1.10. The number of amides is 1. The number of ketones is 1. The third-order valence-electron chi connectivity index (χ3n) is 6.47. The Morgan fingerprint density at radius 2 is 1.77 bits per heavy atom. The number of carbonyl (C=O) groups is 2. The van der Waals surface area contributed by atoms with Gasteiger partial charge in [0.2, 0.25) is 5.13 Å². The molecular weight excluding hydrogens is 556 g/mol. The van der Waals surface area contributed by atoms with Crippen molar-refractivity contribution in [2.75, 3.05) is 4.90 Å². The maximum Gasteiger partial charge on any atom is 0.301 e. The Kier molecular flexibility index (Phi) is 6.64. The minimum absolute atomic E-state index is 0.112. The van der Waals surface area contributed by atoms with Crippen molar-refractivity contribution in [3.05, 3.63) is 113 Å². The van der Waals surface area contributed by atoms with E-state index in [2.05, 4.69) is 15.2 Å². The van der Waals surface area contributed by atoms with Crippen molar-refractivity contribution in [2.45, 2.75) is 23.1 Å². The van der Waals surface area contributed by atoms with Gasteiger partial charge in [0.15, 0.2) is 10.1 Å². The molecule has 200 valence electrons. The van der Waals surface area contributed by atoms with Gasteiger partial charge in [0.1, 0.15) is 23.0 Å². The van der Waals surface area contributed by atoms with Crippen LogP contribution in [0.15, 0.2) is 82.8 Å². The smallest absolute Gasteiger partial charge is 0.301 e. The molecule has 8 nitrogen and oxygen atoms in total. The van der Waals surface area contributed by atoms with Crippen molar-refractivity contribution in [3.63, 3.8) is 0 Å². The van der Waals surface area contributed by atoms with Gasteiger partial charge < -0.3 is 5.11 Å². The molecule has 0 bridgehead atoms. The number of aryl methyl sites for hydroxylation is 1. The van der Waals surface area contributed by atoms with Crippen LogP contribution in [0.1, 0.15) is 28.6 Å². The molecule has 1 fully saturated rings. The second-order valence-corrected chi connectivity index (χ2v) is 11.1. The van der Waals surface area contributed by atoms with Crippen LogP contribution in [0.5, 0.6) is 0 Å². The van der Waals surface area contributed by atoms with Crippen molar-refractivity contribution in [1.82, 2.24) is 19.6 Å². The lowest BCUT2D eigenvalue weighted by atomic mass is 9.96. The predicted octanol–water partition coefficient (Wildman–Crippen LogP) is 5.69. The first kappa shape index (κ1) is 25.8. The van der Waals surface area contributed by atoms with E-state index in [0.29, 0.717) is 26.8 Å². The van der Waals surface area contributed by atoms with E-state index in [0.717, 1.165) is 16.2 Å². The number of pyridine rings is 1. The van der Waals surface area contributed by atoms with Gasteiger partial charge in [-0.25, -0.2) is 13.8 Å². The van der Waals surface area contributed by atoms with Crippen molar-refractivity contribution in [2.24, 2.45) is 0 Å². The summed E-state index contributed by atoms with van der Waals surface area (Å²) in [6.45, 7) is 1.69. The van der Waals surface area contributed by atoms with Crippen LogP contribution < -0.4 is 4.90 Å². The largest absolute Gasteiger partial charge is 0.505 e. The Morgan fingerprint density at radius 1 is 1.02 bits per heavy atom. The number of halogens is 2. The van der Waals surface area contributed by atoms with Gasteiger partial charge in [0, 0.05) is 11.9 Å². The highest BCUT2D eigenvalue weighted by Gasteiger charge is 2.48. The number of imidazole rings is 1. The quantitative estimate of drug-likeness (QED) is 0.0913. The van der Waals surface area contributed by atoms with E-state index in [4.69, 9.17) is 0 Å². The number of benzene rings is 2. The number of Topliss-reactive ketones (excluding diaryl/α,β-unsaturated/α-hetero) is 1. The average Bonchev–Trinajstić information content (AvgIpc) is 3.62. The van der Waals surface area contributed by atoms with Crippen LogP contribution in [0.4, 0.5) is 13.9 Å². The zero-order valence-electron chi connectivity index (χ0n) is 20.8. The van der Waals surface area contributed by atoms with Crippen LogP contribution in [0.2, 0.25) is 0 Å². The van der Waals surface area contributed by atoms with Gasteiger partial charge in [0.05, 0.1) is 17.3 Å². The van der Waals surface area contributed by atoms with Crippen LogP contribution in [0.25, 0.3) is 11.4 Å². The molecule has 5 aromatic rings. The number of carbonyl (C=O) groups excluding carboxylic acids is 2. The number of hydrogen-bond donors (Lipinski definition) is 1. The normalized spacial score (nSPS) is 16.8. The van der Waals surface area contributed by atoms with Crippen molar-refractivity contribution in [1.29, 1.82) is 0 Å². The van der Waals surface area contributed by atoms with Crippen LogP contribution >= 0.6 is 23.1 Å². The molecule has 1 amide bonds. The van der Waals surface area contributed by atoms with E-state index in [1.54, 1.807) is 53.9 Å². The number of hydrogen-bond acceptors (Lipinski definition) is 8. The fourth-order valence-electron chi connectivity index (χ4n) is 4.63. The van der Waals surface area contributed by atoms with E-state index in [1.807, 2.05) is 0 Å². The van der Waals surface area contributed by atoms with Gasteiger partial charge in [-0.2, -0.15) is 0 Å². The summed E-state index contributed by atoms with van der Waals surface area (Å²) in [6, 6.07) is 15.9. The third-order valence-corrected chi connectivity index (χ3v) is 8.57. The molecular formula is C28H19F2N5O3S2. The maximum absolute atomic E-state index is 14.1. The van der Waals surface area contributed by atoms with Crippen molar-refractivity contribution in [3.8, 4) is 0 Å². The molecule has 40 heavy (non-hydrogen) atoms. The van der Waals surface area contributed by atoms with Gasteiger partial charge in [-0.3, -0.25) is 18.9 Å². The summed E-state index contributed by atoms with van der Waals surface area (Å²) < 4.78 is 30.0. The number of thioether (sulfide) groups is 1. The molecule has 0 aliphatic carbocycles. The highest BCUT2D eigenvalue weighted by Crippen LogP contribution is 2.44. The van der Waals surface area contributed by atoms with E-state index in [9.17, 15) is 23.5 Å². The summed E-state index contributed by atoms with van der Waals surface area (Å²) >= 11 is 2.29. The second-order valence-electron chi connectivity index (χ2n) is 8.93. The fourth-order valence-corrected chi connectivity index (χ4v) is 6.48. The first-order valence-electron chi connectivity index (χ1n) is 12.0. The first-order valence-corrected chi connectivity index (χ1v) is 13.8. The number of aliphatic hydroxyl groups is 1. The number of fused-ring (bicyclic) bond motifs is 1. The summed E-state index contributed by atoms with van der Waals surface area (Å²) in [7, 11) is 0. The topological polar surface area (TPSA) is 101 Å². The van der Waals surface area contributed by atoms with E-state index in [1.165, 1.54) is 42.1 Å². The molecule has 0 radical (unpaired) electrons. The van der Waals surface area contributed by atoms with Crippen molar-refractivity contribution < 1.29 is 23.5 Å². The SMILES string of the molecule is Cc1nc2ccccn2c1/C(O)=C1\C(=O)C(=O)N(c2nnc(SCc3ccccc3F)s2)C1c1ccc(F)cc1. The zero-order valence-corrected chi connectivity index (χ0v) is 22.4. The molecule has 1 saturated heterocycles. The van der Waals surface area contributed by atoms with Crippen molar-refractivity contribution >= 4 is 51.3 Å². The monoisotopic (exact) mass is 575 g/mol. The molecule has 1 aliphatic rings. The van der Waals surface area contributed by atoms with Gasteiger partial charge in [-0.15, -0.1) is 10.2 Å². The summed E-state index contributed by atoms with van der Waals surface area (Å²) in [5.74, 6) is -2.80. The summed E-state index contributed by atoms with van der Waals surface area (Å²) in [6.07, 6.45) is 1.69. The lowest BCUT2D eigenvalue weighted by Gasteiger charge is -2.22. The van der Waals surface area contributed by atoms with E-state index < -0.39 is 29.3 Å². The molecule has 1 unspecified atom stereocenters. The molecule has 2 aromatic carbocycles. The zero-order chi connectivity index (χ0) is 28.0. The summed E-state index contributed by atoms with van der Waals surface area (Å²) in [5.41, 5.74) is 1.97. The molecule has 6 rings (SSSR count). The van der Waals surface area contributed by atoms with Crippen LogP contribution in [0, 0.1) is 18.6 Å². The summed E-state index contributed by atoms with van der Waals surface area (Å²) in [5, 5.41) is 19.9. The Hall–Kier alpha value is -4.42. The number of aliphatic hydroxyl groups excluding tert-OH is 1. The standard InChI is InChI=1S/C28H19F2N5O3S2/c1-15-22(34-13-5-4-8-20(34)31-15)24(36)21-23(16-9-11-18(29)12-10-16)35(26(38)25(21)37)27-32-33-28(40-27)39-14-17-6-2-3-7-19(17)30/h2-13,23,36H,14H2,1H3/b24-21+. The number of rotatable bonds is 6. The van der Waals surface area contributed by atoms with E-state index >= 15 is 0 Å². The highest BCUT2D eigenvalue weighted by molar-refractivity contribution is 8.00. The Bertz CT molecular complexity index is 1820. The lowest BCUT2D eigenvalue weighted by Crippen LogP contribution is -2.29. The Morgan fingerprint density at radius 3 is 2.55 bits per heavy atom. The first-order chi connectivity index (χ1) is 19.3. The van der Waals surface area contributed by atoms with Gasteiger partial charge in [0.25, 0.3) is 5.78 Å². The Balaban J connectivity index is 1.44. The predicted molar refractivity (Wildman–Crippen MR) is 147 cm³/mol. The summed E-state index contributed by atoms with van der Waals surface area (Å²) in [4.78, 5) is 32.5. The van der Waals surface area contributed by atoms with Crippen LogP contribution in [-0.2, 0) is 15.3 Å². The number of anilines is 1. The number of aromatic nitrogens is 4.